The summed E-state index contributed by atoms with van der Waals surface area (Å²) in [4.78, 5) is 8.63. The van der Waals surface area contributed by atoms with E-state index in [1.807, 2.05) is 32.0 Å². The fourth-order valence-electron chi connectivity index (χ4n) is 2.50. The Morgan fingerprint density at radius 2 is 2.09 bits per heavy atom. The summed E-state index contributed by atoms with van der Waals surface area (Å²) < 4.78 is 6.21. The van der Waals surface area contributed by atoms with E-state index in [0.29, 0.717) is 0 Å². The molecule has 1 aromatic carbocycles. The van der Waals surface area contributed by atoms with Gasteiger partial charge in [0.25, 0.3) is 0 Å². The third kappa shape index (κ3) is 3.11. The van der Waals surface area contributed by atoms with Gasteiger partial charge in [0.05, 0.1) is 11.2 Å². The van der Waals surface area contributed by atoms with Crippen LogP contribution in [0.3, 0.4) is 0 Å². The highest BCUT2D eigenvalue weighted by Gasteiger charge is 2.08. The number of aromatic nitrogens is 3. The van der Waals surface area contributed by atoms with Crippen LogP contribution in [0.2, 0.25) is 0 Å². The third-order valence-electron chi connectivity index (χ3n) is 3.67. The fourth-order valence-corrected chi connectivity index (χ4v) is 2.86. The number of aryl methyl sites for hydroxylation is 2. The van der Waals surface area contributed by atoms with Crippen molar-refractivity contribution in [3.8, 4) is 0 Å². The lowest BCUT2D eigenvalue weighted by atomic mass is 10.1. The molecule has 2 aromatic heterocycles. The molecule has 22 heavy (non-hydrogen) atoms. The van der Waals surface area contributed by atoms with Crippen molar-refractivity contribution >= 4 is 32.7 Å². The summed E-state index contributed by atoms with van der Waals surface area (Å²) in [6, 6.07) is 6.00. The van der Waals surface area contributed by atoms with E-state index in [4.69, 9.17) is 4.52 Å². The smallest absolute Gasteiger partial charge is 0.137 e. The fraction of sp³-hybridized carbons (Fsp3) is 0.312. The summed E-state index contributed by atoms with van der Waals surface area (Å²) in [7, 11) is 0. The normalized spacial score (nSPS) is 11.0. The number of hydrogen-bond donors (Lipinski definition) is 1. The van der Waals surface area contributed by atoms with E-state index in [1.54, 1.807) is 6.33 Å². The number of nitrogens with one attached hydrogen (secondary N) is 1. The molecule has 6 heteroatoms. The van der Waals surface area contributed by atoms with E-state index in [9.17, 15) is 0 Å². The molecule has 0 fully saturated rings. The standard InChI is InChI=1S/C16H17BrN4O/c1-10-13(11(2)22-21-10)4-3-7-18-16-14-8-12(17)5-6-15(14)19-9-20-16/h5-6,8-9H,3-4,7H2,1-2H3,(H,18,19,20). The second kappa shape index (κ2) is 6.44. The summed E-state index contributed by atoms with van der Waals surface area (Å²) in [5, 5.41) is 8.40. The third-order valence-corrected chi connectivity index (χ3v) is 4.17. The van der Waals surface area contributed by atoms with E-state index < -0.39 is 0 Å². The van der Waals surface area contributed by atoms with E-state index in [2.05, 4.69) is 36.4 Å². The van der Waals surface area contributed by atoms with Crippen molar-refractivity contribution < 1.29 is 4.52 Å². The predicted molar refractivity (Wildman–Crippen MR) is 90.0 cm³/mol. The Bertz CT molecular complexity index is 780. The maximum atomic E-state index is 5.19. The molecule has 3 aromatic rings. The molecule has 2 heterocycles. The molecule has 0 bridgehead atoms. The van der Waals surface area contributed by atoms with Gasteiger partial charge in [0.1, 0.15) is 17.9 Å². The number of nitrogens with zero attached hydrogens (tertiary/aromatic N) is 3. The minimum absolute atomic E-state index is 0.836. The number of fused-ring (bicyclic) bond motifs is 1. The van der Waals surface area contributed by atoms with E-state index in [1.165, 1.54) is 5.56 Å². The maximum Gasteiger partial charge on any atom is 0.137 e. The van der Waals surface area contributed by atoms with Gasteiger partial charge in [-0.25, -0.2) is 9.97 Å². The lowest BCUT2D eigenvalue weighted by Gasteiger charge is -2.08. The van der Waals surface area contributed by atoms with Crippen molar-refractivity contribution in [3.05, 3.63) is 46.0 Å². The first-order valence-electron chi connectivity index (χ1n) is 7.21. The van der Waals surface area contributed by atoms with Crippen molar-refractivity contribution in [1.82, 2.24) is 15.1 Å². The molecule has 114 valence electrons. The Morgan fingerprint density at radius 3 is 2.86 bits per heavy atom. The summed E-state index contributed by atoms with van der Waals surface area (Å²) >= 11 is 3.49. The quantitative estimate of drug-likeness (QED) is 0.695. The van der Waals surface area contributed by atoms with Gasteiger partial charge in [-0.1, -0.05) is 21.1 Å². The SMILES string of the molecule is Cc1noc(C)c1CCCNc1ncnc2ccc(Br)cc12. The molecule has 0 aliphatic heterocycles. The lowest BCUT2D eigenvalue weighted by molar-refractivity contribution is 0.392. The van der Waals surface area contributed by atoms with Crippen LogP contribution in [0.4, 0.5) is 5.82 Å². The predicted octanol–water partition coefficient (Wildman–Crippen LogP) is 4.04. The van der Waals surface area contributed by atoms with Gasteiger partial charge in [-0.15, -0.1) is 0 Å². The largest absolute Gasteiger partial charge is 0.369 e. The summed E-state index contributed by atoms with van der Waals surface area (Å²) in [5.74, 6) is 1.78. The molecule has 5 nitrogen and oxygen atoms in total. The van der Waals surface area contributed by atoms with Crippen molar-refractivity contribution in [3.63, 3.8) is 0 Å². The van der Waals surface area contributed by atoms with E-state index in [-0.39, 0.29) is 0 Å². The topological polar surface area (TPSA) is 63.8 Å². The number of anilines is 1. The second-order valence-corrected chi connectivity index (χ2v) is 6.13. The van der Waals surface area contributed by atoms with Crippen LogP contribution in [0.15, 0.2) is 33.5 Å². The van der Waals surface area contributed by atoms with Crippen LogP contribution < -0.4 is 5.32 Å². The molecule has 0 radical (unpaired) electrons. The van der Waals surface area contributed by atoms with Crippen molar-refractivity contribution in [1.29, 1.82) is 0 Å². The molecule has 1 N–H and O–H groups in total. The molecule has 0 aliphatic rings. The number of hydrogen-bond acceptors (Lipinski definition) is 5. The highest BCUT2D eigenvalue weighted by Crippen LogP contribution is 2.23. The molecule has 0 atom stereocenters. The highest BCUT2D eigenvalue weighted by atomic mass is 79.9. The molecule has 0 aliphatic carbocycles. The maximum absolute atomic E-state index is 5.19. The first-order chi connectivity index (χ1) is 10.6. The van der Waals surface area contributed by atoms with Crippen LogP contribution in [0.5, 0.6) is 0 Å². The van der Waals surface area contributed by atoms with Gasteiger partial charge in [0.2, 0.25) is 0 Å². The zero-order valence-electron chi connectivity index (χ0n) is 12.6. The molecule has 0 amide bonds. The summed E-state index contributed by atoms with van der Waals surface area (Å²) in [5.41, 5.74) is 3.12. The van der Waals surface area contributed by atoms with E-state index in [0.717, 1.165) is 52.0 Å². The Hall–Kier alpha value is -1.95. The number of halogens is 1. The Labute approximate surface area is 137 Å². The number of benzene rings is 1. The van der Waals surface area contributed by atoms with Gasteiger partial charge >= 0.3 is 0 Å². The van der Waals surface area contributed by atoms with Crippen LogP contribution in [0, 0.1) is 13.8 Å². The van der Waals surface area contributed by atoms with Gasteiger partial charge in [0, 0.05) is 22.0 Å². The van der Waals surface area contributed by atoms with Crippen molar-refractivity contribution in [2.75, 3.05) is 11.9 Å². The van der Waals surface area contributed by atoms with Gasteiger partial charge in [0.15, 0.2) is 0 Å². The molecule has 0 saturated heterocycles. The average Bonchev–Trinajstić information content (AvgIpc) is 2.83. The lowest BCUT2D eigenvalue weighted by Crippen LogP contribution is -2.06. The molecule has 0 saturated carbocycles. The van der Waals surface area contributed by atoms with Crippen LogP contribution in [0.25, 0.3) is 10.9 Å². The van der Waals surface area contributed by atoms with Crippen LogP contribution in [-0.4, -0.2) is 21.7 Å². The summed E-state index contributed by atoms with van der Waals surface area (Å²) in [6.07, 6.45) is 3.52. The Morgan fingerprint density at radius 1 is 1.23 bits per heavy atom. The number of rotatable bonds is 5. The first-order valence-corrected chi connectivity index (χ1v) is 8.00. The van der Waals surface area contributed by atoms with Crippen LogP contribution in [-0.2, 0) is 6.42 Å². The van der Waals surface area contributed by atoms with Crippen molar-refractivity contribution in [2.45, 2.75) is 26.7 Å². The zero-order valence-corrected chi connectivity index (χ0v) is 14.1. The Balaban J connectivity index is 1.66. The van der Waals surface area contributed by atoms with Crippen LogP contribution >= 0.6 is 15.9 Å². The summed E-state index contributed by atoms with van der Waals surface area (Å²) in [6.45, 7) is 4.77. The van der Waals surface area contributed by atoms with E-state index >= 15 is 0 Å². The van der Waals surface area contributed by atoms with Gasteiger partial charge in [-0.3, -0.25) is 0 Å². The van der Waals surface area contributed by atoms with Gasteiger partial charge in [-0.05, 0) is 44.9 Å². The molecular weight excluding hydrogens is 344 g/mol. The van der Waals surface area contributed by atoms with Gasteiger partial charge in [-0.2, -0.15) is 0 Å². The zero-order chi connectivity index (χ0) is 15.5. The first kappa shape index (κ1) is 15.0. The highest BCUT2D eigenvalue weighted by molar-refractivity contribution is 9.10. The minimum atomic E-state index is 0.836. The molecular formula is C16H17BrN4O. The monoisotopic (exact) mass is 360 g/mol. The minimum Gasteiger partial charge on any atom is -0.369 e. The Kier molecular flexibility index (Phi) is 4.38. The molecule has 0 spiro atoms. The van der Waals surface area contributed by atoms with Crippen molar-refractivity contribution in [2.24, 2.45) is 0 Å². The average molecular weight is 361 g/mol. The molecule has 0 unspecified atom stereocenters. The van der Waals surface area contributed by atoms with Crippen LogP contribution in [0.1, 0.15) is 23.4 Å². The van der Waals surface area contributed by atoms with Gasteiger partial charge < -0.3 is 9.84 Å². The molecule has 3 rings (SSSR count). The second-order valence-electron chi connectivity index (χ2n) is 5.22.